The minimum atomic E-state index is 0.293. The van der Waals surface area contributed by atoms with Crippen LogP contribution in [0.25, 0.3) is 0 Å². The summed E-state index contributed by atoms with van der Waals surface area (Å²) in [6.07, 6.45) is 4.37. The van der Waals surface area contributed by atoms with E-state index in [1.165, 1.54) is 24.3 Å². The first-order valence-corrected chi connectivity index (χ1v) is 6.60. The van der Waals surface area contributed by atoms with Gasteiger partial charge in [0.2, 0.25) is 0 Å². The van der Waals surface area contributed by atoms with Crippen molar-refractivity contribution in [2.45, 2.75) is 31.8 Å². The third-order valence-electron chi connectivity index (χ3n) is 2.78. The van der Waals surface area contributed by atoms with Gasteiger partial charge in [0.15, 0.2) is 0 Å². The van der Waals surface area contributed by atoms with Crippen LogP contribution in [0.5, 0.6) is 0 Å². The molecule has 2 rings (SSSR count). The Balaban J connectivity index is 1.91. The number of rotatable bonds is 3. The highest BCUT2D eigenvalue weighted by atomic mass is 32.2. The number of nitrogens with one attached hydrogen (secondary N) is 1. The molecule has 0 radical (unpaired) electrons. The van der Waals surface area contributed by atoms with Crippen LogP contribution in [0.2, 0.25) is 0 Å². The van der Waals surface area contributed by atoms with Crippen molar-refractivity contribution in [1.82, 2.24) is 20.1 Å². The Labute approximate surface area is 94.8 Å². The molecule has 0 bridgehead atoms. The van der Waals surface area contributed by atoms with Gasteiger partial charge in [-0.2, -0.15) is 11.8 Å². The summed E-state index contributed by atoms with van der Waals surface area (Å²) in [6, 6.07) is 0.927. The van der Waals surface area contributed by atoms with E-state index in [9.17, 15) is 0 Å². The monoisotopic (exact) mass is 226 g/mol. The third-order valence-corrected chi connectivity index (χ3v) is 4.00. The van der Waals surface area contributed by atoms with Gasteiger partial charge in [0.1, 0.15) is 12.2 Å². The van der Waals surface area contributed by atoms with Gasteiger partial charge < -0.3 is 9.88 Å². The van der Waals surface area contributed by atoms with Gasteiger partial charge in [0.25, 0.3) is 0 Å². The second-order valence-electron chi connectivity index (χ2n) is 4.10. The number of hydrogen-bond donors (Lipinski definition) is 1. The van der Waals surface area contributed by atoms with E-state index < -0.39 is 0 Å². The van der Waals surface area contributed by atoms with Gasteiger partial charge in [-0.3, -0.25) is 0 Å². The topological polar surface area (TPSA) is 42.7 Å². The fraction of sp³-hybridized carbons (Fsp3) is 0.800. The van der Waals surface area contributed by atoms with Gasteiger partial charge in [-0.25, -0.2) is 0 Å². The van der Waals surface area contributed by atoms with E-state index >= 15 is 0 Å². The lowest BCUT2D eigenvalue weighted by atomic mass is 10.1. The van der Waals surface area contributed by atoms with Crippen LogP contribution in [-0.2, 0) is 7.05 Å². The van der Waals surface area contributed by atoms with E-state index in [1.54, 1.807) is 6.33 Å². The van der Waals surface area contributed by atoms with E-state index in [1.807, 2.05) is 23.4 Å². The Bertz CT molecular complexity index is 306. The first-order valence-electron chi connectivity index (χ1n) is 5.45. The molecule has 0 spiro atoms. The standard InChI is InChI=1S/C10H18N4S/c1-8(10-13-11-7-14(10)2)12-9-4-3-5-15-6-9/h7-9,12H,3-6H2,1-2H3. The smallest absolute Gasteiger partial charge is 0.149 e. The van der Waals surface area contributed by atoms with Crippen molar-refractivity contribution >= 4 is 11.8 Å². The van der Waals surface area contributed by atoms with Gasteiger partial charge in [-0.1, -0.05) is 0 Å². The molecule has 1 fully saturated rings. The SMILES string of the molecule is CC(NC1CCCSC1)c1nncn1C. The van der Waals surface area contributed by atoms with Crippen LogP contribution in [0.4, 0.5) is 0 Å². The van der Waals surface area contributed by atoms with Crippen LogP contribution >= 0.6 is 11.8 Å². The number of thioether (sulfide) groups is 1. The number of aromatic nitrogens is 3. The van der Waals surface area contributed by atoms with E-state index in [2.05, 4.69) is 22.4 Å². The van der Waals surface area contributed by atoms with Crippen LogP contribution in [-0.4, -0.2) is 32.3 Å². The number of nitrogens with zero attached hydrogens (tertiary/aromatic N) is 3. The molecule has 15 heavy (non-hydrogen) atoms. The number of hydrogen-bond acceptors (Lipinski definition) is 4. The van der Waals surface area contributed by atoms with Crippen molar-refractivity contribution in [3.63, 3.8) is 0 Å². The summed E-state index contributed by atoms with van der Waals surface area (Å²) in [5.41, 5.74) is 0. The maximum Gasteiger partial charge on any atom is 0.149 e. The zero-order valence-electron chi connectivity index (χ0n) is 9.31. The Hall–Kier alpha value is -0.550. The summed E-state index contributed by atoms with van der Waals surface area (Å²) in [5, 5.41) is 11.6. The zero-order valence-corrected chi connectivity index (χ0v) is 10.1. The third kappa shape index (κ3) is 2.72. The Morgan fingerprint density at radius 3 is 3.13 bits per heavy atom. The predicted octanol–water partition coefficient (Wildman–Crippen LogP) is 1.36. The fourth-order valence-electron chi connectivity index (χ4n) is 1.98. The van der Waals surface area contributed by atoms with Crippen LogP contribution in [0.3, 0.4) is 0 Å². The molecule has 1 aromatic rings. The molecular weight excluding hydrogens is 208 g/mol. The maximum absolute atomic E-state index is 4.12. The fourth-order valence-corrected chi connectivity index (χ4v) is 3.07. The van der Waals surface area contributed by atoms with Crippen molar-refractivity contribution < 1.29 is 0 Å². The minimum Gasteiger partial charge on any atom is -0.319 e. The van der Waals surface area contributed by atoms with Crippen molar-refractivity contribution in [3.8, 4) is 0 Å². The summed E-state index contributed by atoms with van der Waals surface area (Å²) in [4.78, 5) is 0. The molecule has 4 nitrogen and oxygen atoms in total. The van der Waals surface area contributed by atoms with E-state index in [0.717, 1.165) is 5.82 Å². The first kappa shape index (κ1) is 11.0. The lowest BCUT2D eigenvalue weighted by Crippen LogP contribution is -2.36. The second kappa shape index (κ2) is 4.99. The number of aryl methyl sites for hydroxylation is 1. The van der Waals surface area contributed by atoms with Gasteiger partial charge in [0.05, 0.1) is 6.04 Å². The lowest BCUT2D eigenvalue weighted by Gasteiger charge is -2.25. The minimum absolute atomic E-state index is 0.293. The average Bonchev–Trinajstić information content (AvgIpc) is 2.66. The van der Waals surface area contributed by atoms with Gasteiger partial charge in [-0.05, 0) is 25.5 Å². The maximum atomic E-state index is 4.12. The van der Waals surface area contributed by atoms with Gasteiger partial charge in [0, 0.05) is 18.8 Å². The molecule has 0 aliphatic carbocycles. The van der Waals surface area contributed by atoms with Crippen molar-refractivity contribution in [2.75, 3.05) is 11.5 Å². The van der Waals surface area contributed by atoms with E-state index in [-0.39, 0.29) is 0 Å². The molecule has 1 N–H and O–H groups in total. The van der Waals surface area contributed by atoms with Crippen LogP contribution < -0.4 is 5.32 Å². The molecule has 0 saturated carbocycles. The van der Waals surface area contributed by atoms with Crippen LogP contribution in [0.15, 0.2) is 6.33 Å². The molecule has 1 saturated heterocycles. The summed E-state index contributed by atoms with van der Waals surface area (Å²) in [6.45, 7) is 2.16. The van der Waals surface area contributed by atoms with E-state index in [0.29, 0.717) is 12.1 Å². The molecule has 84 valence electrons. The van der Waals surface area contributed by atoms with Gasteiger partial charge in [-0.15, -0.1) is 10.2 Å². The average molecular weight is 226 g/mol. The Kier molecular flexibility index (Phi) is 3.64. The normalized spacial score (nSPS) is 24.0. The highest BCUT2D eigenvalue weighted by Gasteiger charge is 2.18. The van der Waals surface area contributed by atoms with Crippen LogP contribution in [0, 0.1) is 0 Å². The molecule has 0 aromatic carbocycles. The van der Waals surface area contributed by atoms with Crippen molar-refractivity contribution in [2.24, 2.45) is 7.05 Å². The molecular formula is C10H18N4S. The molecule has 1 aliphatic heterocycles. The summed E-state index contributed by atoms with van der Waals surface area (Å²) < 4.78 is 1.98. The highest BCUT2D eigenvalue weighted by molar-refractivity contribution is 7.99. The van der Waals surface area contributed by atoms with E-state index in [4.69, 9.17) is 0 Å². The lowest BCUT2D eigenvalue weighted by molar-refractivity contribution is 0.433. The molecule has 0 amide bonds. The first-order chi connectivity index (χ1) is 7.27. The molecule has 5 heteroatoms. The summed E-state index contributed by atoms with van der Waals surface area (Å²) in [5.74, 6) is 3.56. The largest absolute Gasteiger partial charge is 0.319 e. The Morgan fingerprint density at radius 1 is 1.67 bits per heavy atom. The van der Waals surface area contributed by atoms with Gasteiger partial charge >= 0.3 is 0 Å². The van der Waals surface area contributed by atoms with Crippen molar-refractivity contribution in [3.05, 3.63) is 12.2 Å². The second-order valence-corrected chi connectivity index (χ2v) is 5.25. The molecule has 2 unspecified atom stereocenters. The van der Waals surface area contributed by atoms with Crippen molar-refractivity contribution in [1.29, 1.82) is 0 Å². The molecule has 2 atom stereocenters. The van der Waals surface area contributed by atoms with Crippen LogP contribution in [0.1, 0.15) is 31.6 Å². The molecule has 1 aliphatic rings. The zero-order chi connectivity index (χ0) is 10.7. The molecule has 1 aromatic heterocycles. The highest BCUT2D eigenvalue weighted by Crippen LogP contribution is 2.19. The quantitative estimate of drug-likeness (QED) is 0.845. The summed E-state index contributed by atoms with van der Waals surface area (Å²) in [7, 11) is 1.99. The molecule has 2 heterocycles. The predicted molar refractivity (Wildman–Crippen MR) is 62.9 cm³/mol. The Morgan fingerprint density at radius 2 is 2.53 bits per heavy atom. The summed E-state index contributed by atoms with van der Waals surface area (Å²) >= 11 is 2.04.